The topological polar surface area (TPSA) is 65.1 Å². The molecule has 0 radical (unpaired) electrons. The summed E-state index contributed by atoms with van der Waals surface area (Å²) in [5, 5.41) is 5.16. The number of amides is 3. The minimum atomic E-state index is -0.371. The number of fused-ring (bicyclic) bond motifs is 1. The van der Waals surface area contributed by atoms with E-state index in [1.807, 2.05) is 37.8 Å². The molecular formula is C30H44N4O3S. The van der Waals surface area contributed by atoms with Crippen LogP contribution in [0.1, 0.15) is 75.4 Å². The van der Waals surface area contributed by atoms with Crippen molar-refractivity contribution < 1.29 is 14.3 Å². The van der Waals surface area contributed by atoms with Crippen molar-refractivity contribution in [3.63, 3.8) is 0 Å². The van der Waals surface area contributed by atoms with Crippen molar-refractivity contribution >= 4 is 23.3 Å². The first-order chi connectivity index (χ1) is 18.1. The van der Waals surface area contributed by atoms with Gasteiger partial charge in [-0.1, -0.05) is 26.0 Å². The third-order valence-electron chi connectivity index (χ3n) is 7.35. The molecule has 1 atom stereocenters. The van der Waals surface area contributed by atoms with Crippen LogP contribution in [0.4, 0.5) is 4.79 Å². The zero-order chi connectivity index (χ0) is 27.3. The van der Waals surface area contributed by atoms with Crippen LogP contribution in [0.3, 0.4) is 0 Å². The van der Waals surface area contributed by atoms with Gasteiger partial charge in [-0.2, -0.15) is 0 Å². The lowest BCUT2D eigenvalue weighted by molar-refractivity contribution is -0.135. The van der Waals surface area contributed by atoms with E-state index >= 15 is 0 Å². The van der Waals surface area contributed by atoms with Crippen molar-refractivity contribution in [2.45, 2.75) is 71.4 Å². The van der Waals surface area contributed by atoms with Crippen molar-refractivity contribution in [1.29, 1.82) is 0 Å². The Morgan fingerprint density at radius 1 is 1.11 bits per heavy atom. The van der Waals surface area contributed by atoms with Gasteiger partial charge in [-0.25, -0.2) is 4.79 Å². The molecule has 4 rings (SSSR count). The van der Waals surface area contributed by atoms with Gasteiger partial charge in [0.1, 0.15) is 18.9 Å². The number of nitrogens with one attached hydrogen (secondary N) is 1. The standard InChI is InChI=1S/C30H44N4O3S/c1-22(2)23-8-10-24(11-9-23)37-21-26-25-13-19-38-27(25)12-16-34(26)28(35)20-33(29(36)31-30(3,4)5)18-17-32-14-6-7-15-32/h8-11,13,19,22,26H,6-7,12,14-18,20-21H2,1-5H3,(H,31,36)/t26-/m1/s1. The van der Waals surface area contributed by atoms with Crippen LogP contribution >= 0.6 is 11.3 Å². The Labute approximate surface area is 232 Å². The van der Waals surface area contributed by atoms with Gasteiger partial charge in [0.05, 0.1) is 6.04 Å². The maximum Gasteiger partial charge on any atom is 0.318 e. The SMILES string of the molecule is CC(C)c1ccc(OC[C@@H]2c3ccsc3CCN2C(=O)CN(CCN2CCCC2)C(=O)NC(C)(C)C)cc1. The van der Waals surface area contributed by atoms with Crippen LogP contribution in [0.2, 0.25) is 0 Å². The number of carbonyl (C=O) groups is 2. The molecule has 2 aliphatic heterocycles. The number of thiophene rings is 1. The fourth-order valence-corrected chi connectivity index (χ4v) is 6.10. The van der Waals surface area contributed by atoms with Crippen molar-refractivity contribution in [1.82, 2.24) is 20.0 Å². The molecule has 1 N–H and O–H groups in total. The lowest BCUT2D eigenvalue weighted by Crippen LogP contribution is -2.54. The second-order valence-corrected chi connectivity index (χ2v) is 12.8. The van der Waals surface area contributed by atoms with E-state index in [4.69, 9.17) is 4.74 Å². The summed E-state index contributed by atoms with van der Waals surface area (Å²) >= 11 is 1.74. The Morgan fingerprint density at radius 3 is 2.47 bits per heavy atom. The van der Waals surface area contributed by atoms with Crippen molar-refractivity contribution in [3.05, 3.63) is 51.7 Å². The first-order valence-corrected chi connectivity index (χ1v) is 14.9. The molecule has 0 aliphatic carbocycles. The van der Waals surface area contributed by atoms with Gasteiger partial charge < -0.3 is 24.8 Å². The molecule has 2 aliphatic rings. The monoisotopic (exact) mass is 540 g/mol. The molecule has 1 saturated heterocycles. The number of benzene rings is 1. The van der Waals surface area contributed by atoms with Crippen LogP contribution in [-0.4, -0.2) is 78.1 Å². The van der Waals surface area contributed by atoms with Crippen LogP contribution in [0.15, 0.2) is 35.7 Å². The van der Waals surface area contributed by atoms with E-state index in [9.17, 15) is 9.59 Å². The lowest BCUT2D eigenvalue weighted by Gasteiger charge is -2.37. The number of hydrogen-bond acceptors (Lipinski definition) is 5. The van der Waals surface area contributed by atoms with Gasteiger partial charge in [-0.05, 0) is 93.7 Å². The number of likely N-dealkylation sites (tertiary alicyclic amines) is 1. The van der Waals surface area contributed by atoms with Gasteiger partial charge in [0, 0.05) is 30.1 Å². The Hall–Kier alpha value is -2.58. The van der Waals surface area contributed by atoms with Crippen LogP contribution in [0, 0.1) is 0 Å². The van der Waals surface area contributed by atoms with Crippen LogP contribution < -0.4 is 10.1 Å². The number of rotatable bonds is 9. The van der Waals surface area contributed by atoms with E-state index in [1.165, 1.54) is 23.3 Å². The summed E-state index contributed by atoms with van der Waals surface area (Å²) in [6, 6.07) is 9.99. The second-order valence-electron chi connectivity index (χ2n) is 11.8. The number of ether oxygens (including phenoxy) is 1. The molecule has 0 bridgehead atoms. The predicted molar refractivity (Wildman–Crippen MR) is 154 cm³/mol. The smallest absolute Gasteiger partial charge is 0.318 e. The first kappa shape index (κ1) is 28.4. The Balaban J connectivity index is 1.47. The molecule has 8 heteroatoms. The third kappa shape index (κ3) is 7.50. The quantitative estimate of drug-likeness (QED) is 0.470. The highest BCUT2D eigenvalue weighted by molar-refractivity contribution is 7.10. The van der Waals surface area contributed by atoms with Gasteiger partial charge in [-0.3, -0.25) is 4.79 Å². The summed E-state index contributed by atoms with van der Waals surface area (Å²) in [4.78, 5) is 34.3. The number of carbonyl (C=O) groups excluding carboxylic acids is 2. The zero-order valence-corrected chi connectivity index (χ0v) is 24.5. The van der Waals surface area contributed by atoms with E-state index in [0.717, 1.165) is 37.4 Å². The summed E-state index contributed by atoms with van der Waals surface area (Å²) in [5.41, 5.74) is 2.06. The highest BCUT2D eigenvalue weighted by Crippen LogP contribution is 2.34. The van der Waals surface area contributed by atoms with Crippen molar-refractivity contribution in [2.75, 3.05) is 45.9 Å². The highest BCUT2D eigenvalue weighted by Gasteiger charge is 2.34. The van der Waals surface area contributed by atoms with E-state index in [-0.39, 0.29) is 30.1 Å². The van der Waals surface area contributed by atoms with Gasteiger partial charge in [-0.15, -0.1) is 11.3 Å². The fraction of sp³-hybridized carbons (Fsp3) is 0.600. The number of nitrogens with zero attached hydrogens (tertiary/aromatic N) is 3. The molecular weight excluding hydrogens is 496 g/mol. The first-order valence-electron chi connectivity index (χ1n) is 14.0. The molecule has 7 nitrogen and oxygen atoms in total. The van der Waals surface area contributed by atoms with Crippen molar-refractivity contribution in [3.8, 4) is 5.75 Å². The zero-order valence-electron chi connectivity index (χ0n) is 23.7. The minimum Gasteiger partial charge on any atom is -0.491 e. The highest BCUT2D eigenvalue weighted by atomic mass is 32.1. The maximum atomic E-state index is 13.8. The molecule has 3 amide bonds. The van der Waals surface area contributed by atoms with Crippen LogP contribution in [0.25, 0.3) is 0 Å². The van der Waals surface area contributed by atoms with E-state index in [0.29, 0.717) is 25.6 Å². The summed E-state index contributed by atoms with van der Waals surface area (Å²) in [6.07, 6.45) is 3.23. The average molecular weight is 541 g/mol. The molecule has 0 unspecified atom stereocenters. The van der Waals surface area contributed by atoms with Gasteiger partial charge >= 0.3 is 6.03 Å². The predicted octanol–water partition coefficient (Wildman–Crippen LogP) is 5.28. The minimum absolute atomic E-state index is 0.0314. The van der Waals surface area contributed by atoms with Crippen molar-refractivity contribution in [2.24, 2.45) is 0 Å². The molecule has 0 spiro atoms. The van der Waals surface area contributed by atoms with E-state index in [2.05, 4.69) is 47.6 Å². The molecule has 0 saturated carbocycles. The summed E-state index contributed by atoms with van der Waals surface area (Å²) < 4.78 is 6.23. The van der Waals surface area contributed by atoms with Crippen LogP contribution in [0.5, 0.6) is 5.75 Å². The van der Waals surface area contributed by atoms with E-state index < -0.39 is 0 Å². The largest absolute Gasteiger partial charge is 0.491 e. The molecule has 1 fully saturated rings. The summed E-state index contributed by atoms with van der Waals surface area (Å²) in [6.45, 7) is 14.8. The van der Waals surface area contributed by atoms with E-state index in [1.54, 1.807) is 16.2 Å². The normalized spacial score (nSPS) is 17.9. The molecule has 3 heterocycles. The van der Waals surface area contributed by atoms with Gasteiger partial charge in [0.2, 0.25) is 5.91 Å². The average Bonchev–Trinajstić information content (AvgIpc) is 3.56. The van der Waals surface area contributed by atoms with Gasteiger partial charge in [0.25, 0.3) is 0 Å². The Kier molecular flexibility index (Phi) is 9.36. The molecule has 38 heavy (non-hydrogen) atoms. The third-order valence-corrected chi connectivity index (χ3v) is 8.35. The number of hydrogen-bond donors (Lipinski definition) is 1. The summed E-state index contributed by atoms with van der Waals surface area (Å²) in [5.74, 6) is 1.24. The Bertz CT molecular complexity index is 1070. The van der Waals surface area contributed by atoms with Gasteiger partial charge in [0.15, 0.2) is 0 Å². The maximum absolute atomic E-state index is 13.8. The molecule has 1 aromatic heterocycles. The van der Waals surface area contributed by atoms with Crippen LogP contribution in [-0.2, 0) is 11.2 Å². The Morgan fingerprint density at radius 2 is 1.82 bits per heavy atom. The summed E-state index contributed by atoms with van der Waals surface area (Å²) in [7, 11) is 0. The number of urea groups is 1. The molecule has 208 valence electrons. The fourth-order valence-electron chi connectivity index (χ4n) is 5.17. The molecule has 2 aromatic rings. The lowest BCUT2D eigenvalue weighted by atomic mass is 10.00. The second kappa shape index (κ2) is 12.5. The molecule has 1 aromatic carbocycles.